The summed E-state index contributed by atoms with van der Waals surface area (Å²) in [6, 6.07) is 11.9. The number of carboxylic acid groups (broad SMARTS) is 1. The quantitative estimate of drug-likeness (QED) is 0.561. The topological polar surface area (TPSA) is 116 Å². The highest BCUT2D eigenvalue weighted by molar-refractivity contribution is 5.89. The molecule has 27 heavy (non-hydrogen) atoms. The maximum absolute atomic E-state index is 13.4. The van der Waals surface area contributed by atoms with Crippen LogP contribution in [0.25, 0.3) is 0 Å². The molecule has 4 N–H and O–H groups in total. The van der Waals surface area contributed by atoms with Gasteiger partial charge in [0.25, 0.3) is 0 Å². The van der Waals surface area contributed by atoms with Crippen LogP contribution in [0, 0.1) is 5.82 Å². The van der Waals surface area contributed by atoms with Gasteiger partial charge in [0, 0.05) is 12.1 Å². The molecular weight excluding hydrogens is 357 g/mol. The number of alkyl carbamates (subject to hydrolysis) is 1. The second kappa shape index (κ2) is 9.65. The molecule has 0 saturated heterocycles. The van der Waals surface area contributed by atoms with Crippen LogP contribution in [0.3, 0.4) is 0 Å². The Morgan fingerprint density at radius 3 is 2.48 bits per heavy atom. The van der Waals surface area contributed by atoms with E-state index >= 15 is 0 Å². The third-order valence-corrected chi connectivity index (χ3v) is 3.85. The van der Waals surface area contributed by atoms with Gasteiger partial charge < -0.3 is 25.4 Å². The van der Waals surface area contributed by atoms with Crippen molar-refractivity contribution in [3.63, 3.8) is 0 Å². The number of rotatable bonds is 8. The van der Waals surface area contributed by atoms with Crippen molar-refractivity contribution in [2.75, 3.05) is 6.54 Å². The first kappa shape index (κ1) is 20.3. The Labute approximate surface area is 155 Å². The smallest absolute Gasteiger partial charge is 0.407 e. The van der Waals surface area contributed by atoms with Crippen molar-refractivity contribution in [1.29, 1.82) is 0 Å². The Bertz CT molecular complexity index is 783. The lowest BCUT2D eigenvalue weighted by atomic mass is 9.97. The summed E-state index contributed by atoms with van der Waals surface area (Å²) in [5.74, 6) is -2.08. The molecule has 0 aliphatic rings. The van der Waals surface area contributed by atoms with Gasteiger partial charge in [-0.25, -0.2) is 14.0 Å². The van der Waals surface area contributed by atoms with Gasteiger partial charge in [-0.3, -0.25) is 0 Å². The fourth-order valence-corrected chi connectivity index (χ4v) is 2.43. The van der Waals surface area contributed by atoms with E-state index < -0.39 is 30.1 Å². The summed E-state index contributed by atoms with van der Waals surface area (Å²) in [6.07, 6.45) is -3.80. The van der Waals surface area contributed by atoms with E-state index in [1.807, 2.05) is 18.2 Å². The Hall–Kier alpha value is -2.97. The van der Waals surface area contributed by atoms with Gasteiger partial charge in [0.1, 0.15) is 18.5 Å². The van der Waals surface area contributed by atoms with Gasteiger partial charge >= 0.3 is 12.1 Å². The number of carbonyl (C=O) groups excluding carboxylic acids is 1. The molecule has 0 aliphatic carbocycles. The van der Waals surface area contributed by atoms with Gasteiger partial charge in [0.15, 0.2) is 0 Å². The van der Waals surface area contributed by atoms with Crippen LogP contribution in [0.1, 0.15) is 34.0 Å². The first-order valence-electron chi connectivity index (χ1n) is 8.22. The molecule has 7 nitrogen and oxygen atoms in total. The summed E-state index contributed by atoms with van der Waals surface area (Å²) in [4.78, 5) is 22.8. The van der Waals surface area contributed by atoms with E-state index in [-0.39, 0.29) is 30.7 Å². The molecule has 0 spiro atoms. The minimum atomic E-state index is -1.62. The molecule has 2 atom stereocenters. The molecule has 0 bridgehead atoms. The molecule has 2 unspecified atom stereocenters. The largest absolute Gasteiger partial charge is 0.478 e. The SMILES string of the molecule is O=C(NCCC(O)C(O)c1cc(F)ccc1C(=O)O)OCc1ccccc1. The average Bonchev–Trinajstić information content (AvgIpc) is 2.66. The van der Waals surface area contributed by atoms with Crippen molar-refractivity contribution in [3.05, 3.63) is 71.0 Å². The first-order chi connectivity index (χ1) is 12.9. The second-order valence-electron chi connectivity index (χ2n) is 5.83. The minimum Gasteiger partial charge on any atom is -0.478 e. The number of hydrogen-bond donors (Lipinski definition) is 4. The van der Waals surface area contributed by atoms with Gasteiger partial charge in [-0.15, -0.1) is 0 Å². The average molecular weight is 377 g/mol. The molecule has 144 valence electrons. The van der Waals surface area contributed by atoms with Gasteiger partial charge in [0.05, 0.1) is 11.7 Å². The minimum absolute atomic E-state index is 0.0242. The van der Waals surface area contributed by atoms with E-state index in [0.717, 1.165) is 23.8 Å². The maximum Gasteiger partial charge on any atom is 0.407 e. The highest BCUT2D eigenvalue weighted by Crippen LogP contribution is 2.24. The molecule has 2 aromatic rings. The van der Waals surface area contributed by atoms with Crippen molar-refractivity contribution >= 4 is 12.1 Å². The summed E-state index contributed by atoms with van der Waals surface area (Å²) in [7, 11) is 0. The Morgan fingerprint density at radius 2 is 1.81 bits per heavy atom. The van der Waals surface area contributed by atoms with Gasteiger partial charge in [-0.1, -0.05) is 30.3 Å². The lowest BCUT2D eigenvalue weighted by Gasteiger charge is -2.20. The van der Waals surface area contributed by atoms with Crippen molar-refractivity contribution < 1.29 is 34.0 Å². The highest BCUT2D eigenvalue weighted by Gasteiger charge is 2.24. The van der Waals surface area contributed by atoms with Crippen LogP contribution in [0.15, 0.2) is 48.5 Å². The van der Waals surface area contributed by atoms with Crippen LogP contribution in [-0.4, -0.2) is 40.0 Å². The van der Waals surface area contributed by atoms with Crippen molar-refractivity contribution in [1.82, 2.24) is 5.32 Å². The normalized spacial score (nSPS) is 12.9. The van der Waals surface area contributed by atoms with Crippen LogP contribution in [-0.2, 0) is 11.3 Å². The van der Waals surface area contributed by atoms with E-state index in [1.165, 1.54) is 0 Å². The van der Waals surface area contributed by atoms with E-state index in [2.05, 4.69) is 5.32 Å². The highest BCUT2D eigenvalue weighted by atomic mass is 19.1. The van der Waals surface area contributed by atoms with Crippen molar-refractivity contribution in [2.45, 2.75) is 25.2 Å². The summed E-state index contributed by atoms with van der Waals surface area (Å²) < 4.78 is 18.4. The zero-order valence-corrected chi connectivity index (χ0v) is 14.3. The van der Waals surface area contributed by atoms with E-state index in [9.17, 15) is 24.2 Å². The molecular formula is C19H20FNO6. The number of ether oxygens (including phenoxy) is 1. The standard InChI is InChI=1S/C19H20FNO6/c20-13-6-7-14(18(24)25)15(10-13)17(23)16(22)8-9-21-19(26)27-11-12-4-2-1-3-5-12/h1-7,10,16-17,22-23H,8-9,11H2,(H,21,26)(H,24,25). The number of carbonyl (C=O) groups is 2. The van der Waals surface area contributed by atoms with Crippen LogP contribution >= 0.6 is 0 Å². The lowest BCUT2D eigenvalue weighted by molar-refractivity contribution is 0.0126. The number of halogens is 1. The van der Waals surface area contributed by atoms with Crippen LogP contribution in [0.5, 0.6) is 0 Å². The molecule has 0 heterocycles. The maximum atomic E-state index is 13.4. The zero-order valence-electron chi connectivity index (χ0n) is 14.3. The van der Waals surface area contributed by atoms with Crippen molar-refractivity contribution in [3.8, 4) is 0 Å². The number of amides is 1. The van der Waals surface area contributed by atoms with E-state index in [1.54, 1.807) is 12.1 Å². The summed E-state index contributed by atoms with van der Waals surface area (Å²) in [5, 5.41) is 31.7. The Kier molecular flexibility index (Phi) is 7.27. The number of nitrogens with one attached hydrogen (secondary N) is 1. The molecule has 0 saturated carbocycles. The monoisotopic (exact) mass is 377 g/mol. The molecule has 0 aliphatic heterocycles. The number of carboxylic acids is 1. The molecule has 0 fully saturated rings. The fraction of sp³-hybridized carbons (Fsp3) is 0.263. The first-order valence-corrected chi connectivity index (χ1v) is 8.22. The zero-order chi connectivity index (χ0) is 19.8. The fourth-order valence-electron chi connectivity index (χ4n) is 2.43. The molecule has 1 amide bonds. The number of benzene rings is 2. The van der Waals surface area contributed by atoms with Crippen LogP contribution in [0.2, 0.25) is 0 Å². The third-order valence-electron chi connectivity index (χ3n) is 3.85. The number of aliphatic hydroxyl groups excluding tert-OH is 2. The summed E-state index contributed by atoms with van der Waals surface area (Å²) >= 11 is 0. The van der Waals surface area contributed by atoms with Crippen molar-refractivity contribution in [2.24, 2.45) is 0 Å². The Balaban J connectivity index is 1.83. The number of aromatic carboxylic acids is 1. The van der Waals surface area contributed by atoms with Crippen LogP contribution < -0.4 is 5.32 Å². The number of aliphatic hydroxyl groups is 2. The lowest BCUT2D eigenvalue weighted by Crippen LogP contribution is -2.30. The summed E-state index contributed by atoms with van der Waals surface area (Å²) in [6.45, 7) is 0.0622. The predicted octanol–water partition coefficient (Wildman–Crippen LogP) is 2.23. The van der Waals surface area contributed by atoms with E-state index in [0.29, 0.717) is 0 Å². The van der Waals surface area contributed by atoms with Gasteiger partial charge in [-0.2, -0.15) is 0 Å². The molecule has 8 heteroatoms. The van der Waals surface area contributed by atoms with Crippen LogP contribution in [0.4, 0.5) is 9.18 Å². The Morgan fingerprint density at radius 1 is 1.11 bits per heavy atom. The number of hydrogen-bond acceptors (Lipinski definition) is 5. The predicted molar refractivity (Wildman–Crippen MR) is 93.6 cm³/mol. The molecule has 2 rings (SSSR count). The molecule has 0 aromatic heterocycles. The molecule has 0 radical (unpaired) electrons. The van der Waals surface area contributed by atoms with Gasteiger partial charge in [-0.05, 0) is 30.2 Å². The third kappa shape index (κ3) is 6.05. The van der Waals surface area contributed by atoms with Gasteiger partial charge in [0.2, 0.25) is 0 Å². The molecule has 2 aromatic carbocycles. The second-order valence-corrected chi connectivity index (χ2v) is 5.83. The summed E-state index contributed by atoms with van der Waals surface area (Å²) in [5.41, 5.74) is 0.273. The van der Waals surface area contributed by atoms with E-state index in [4.69, 9.17) is 9.84 Å².